The number of urea groups is 1. The molecule has 0 radical (unpaired) electrons. The third-order valence-electron chi connectivity index (χ3n) is 1.67. The van der Waals surface area contributed by atoms with Crippen LogP contribution in [0.15, 0.2) is 24.3 Å². The van der Waals surface area contributed by atoms with E-state index in [9.17, 15) is 9.18 Å². The van der Waals surface area contributed by atoms with Gasteiger partial charge in [0.2, 0.25) is 0 Å². The number of anilines is 1. The number of benzene rings is 1. The Hall–Kier alpha value is -1.62. The Morgan fingerprint density at radius 2 is 2.33 bits per heavy atom. The summed E-state index contributed by atoms with van der Waals surface area (Å²) in [5.41, 5.74) is 0.421. The van der Waals surface area contributed by atoms with Gasteiger partial charge in [0.05, 0.1) is 6.61 Å². The Labute approximate surface area is 87.4 Å². The molecule has 1 aromatic rings. The number of carbonyl (C=O) groups is 1. The molecular weight excluding hydrogens is 199 g/mol. The molecular formula is C10H13FN2O2. The lowest BCUT2D eigenvalue weighted by Crippen LogP contribution is -2.31. The van der Waals surface area contributed by atoms with E-state index in [1.807, 2.05) is 0 Å². The number of hydrogen-bond acceptors (Lipinski definition) is 2. The summed E-state index contributed by atoms with van der Waals surface area (Å²) in [6, 6.07) is 5.32. The summed E-state index contributed by atoms with van der Waals surface area (Å²) in [7, 11) is 1.55. The first-order valence-corrected chi connectivity index (χ1v) is 4.51. The maximum absolute atomic E-state index is 12.7. The number of amides is 2. The molecule has 0 spiro atoms. The van der Waals surface area contributed by atoms with Crippen LogP contribution < -0.4 is 10.6 Å². The molecule has 15 heavy (non-hydrogen) atoms. The minimum atomic E-state index is -0.385. The fourth-order valence-electron chi connectivity index (χ4n) is 1.01. The van der Waals surface area contributed by atoms with Gasteiger partial charge in [0.15, 0.2) is 0 Å². The average Bonchev–Trinajstić information content (AvgIpc) is 2.18. The van der Waals surface area contributed by atoms with Gasteiger partial charge in [-0.2, -0.15) is 0 Å². The quantitative estimate of drug-likeness (QED) is 0.745. The molecule has 1 aromatic carbocycles. The number of ether oxygens (including phenoxy) is 1. The minimum Gasteiger partial charge on any atom is -0.383 e. The minimum absolute atomic E-state index is 0.377. The first kappa shape index (κ1) is 11.5. The van der Waals surface area contributed by atoms with E-state index in [1.165, 1.54) is 18.2 Å². The molecule has 0 unspecified atom stereocenters. The van der Waals surface area contributed by atoms with Crippen LogP contribution in [0, 0.1) is 5.82 Å². The second-order valence-electron chi connectivity index (χ2n) is 2.88. The number of nitrogens with one attached hydrogen (secondary N) is 2. The number of hydrogen-bond donors (Lipinski definition) is 2. The highest BCUT2D eigenvalue weighted by atomic mass is 19.1. The fourth-order valence-corrected chi connectivity index (χ4v) is 1.01. The molecule has 0 aromatic heterocycles. The Bertz CT molecular complexity index is 331. The van der Waals surface area contributed by atoms with Crippen LogP contribution in [0.4, 0.5) is 14.9 Å². The molecule has 4 nitrogen and oxygen atoms in total. The Morgan fingerprint density at radius 1 is 1.53 bits per heavy atom. The van der Waals surface area contributed by atoms with Crippen LogP contribution >= 0.6 is 0 Å². The van der Waals surface area contributed by atoms with E-state index in [0.29, 0.717) is 18.8 Å². The van der Waals surface area contributed by atoms with Gasteiger partial charge in [0, 0.05) is 19.3 Å². The van der Waals surface area contributed by atoms with E-state index in [1.54, 1.807) is 13.2 Å². The standard InChI is InChI=1S/C10H13FN2O2/c1-15-6-5-12-10(14)13-9-4-2-3-8(11)7-9/h2-4,7H,5-6H2,1H3,(H2,12,13,14). The van der Waals surface area contributed by atoms with Gasteiger partial charge in [0.1, 0.15) is 5.82 Å². The van der Waals surface area contributed by atoms with Crippen molar-refractivity contribution in [2.75, 3.05) is 25.6 Å². The molecule has 0 atom stereocenters. The van der Waals surface area contributed by atoms with Crippen molar-refractivity contribution in [2.24, 2.45) is 0 Å². The number of rotatable bonds is 4. The van der Waals surface area contributed by atoms with Gasteiger partial charge in [-0.15, -0.1) is 0 Å². The van der Waals surface area contributed by atoms with Gasteiger partial charge >= 0.3 is 6.03 Å². The molecule has 82 valence electrons. The summed E-state index contributed by atoms with van der Waals surface area (Å²) >= 11 is 0. The SMILES string of the molecule is COCCNC(=O)Nc1cccc(F)c1. The van der Waals surface area contributed by atoms with E-state index in [0.717, 1.165) is 0 Å². The first-order chi connectivity index (χ1) is 7.22. The van der Waals surface area contributed by atoms with Gasteiger partial charge in [-0.25, -0.2) is 9.18 Å². The third kappa shape index (κ3) is 4.42. The summed E-state index contributed by atoms with van der Waals surface area (Å²) in [5.74, 6) is -0.385. The summed E-state index contributed by atoms with van der Waals surface area (Å²) < 4.78 is 17.5. The van der Waals surface area contributed by atoms with Gasteiger partial charge in [-0.1, -0.05) is 6.07 Å². The van der Waals surface area contributed by atoms with Crippen molar-refractivity contribution in [3.05, 3.63) is 30.1 Å². The molecule has 2 N–H and O–H groups in total. The van der Waals surface area contributed by atoms with Crippen molar-refractivity contribution in [2.45, 2.75) is 0 Å². The lowest BCUT2D eigenvalue weighted by molar-refractivity contribution is 0.198. The van der Waals surface area contributed by atoms with Crippen molar-refractivity contribution in [3.8, 4) is 0 Å². The van der Waals surface area contributed by atoms with E-state index >= 15 is 0 Å². The second-order valence-corrected chi connectivity index (χ2v) is 2.88. The maximum Gasteiger partial charge on any atom is 0.319 e. The van der Waals surface area contributed by atoms with Crippen LogP contribution in [0.2, 0.25) is 0 Å². The van der Waals surface area contributed by atoms with Crippen LogP contribution in [0.1, 0.15) is 0 Å². The van der Waals surface area contributed by atoms with E-state index in [-0.39, 0.29) is 11.8 Å². The summed E-state index contributed by atoms with van der Waals surface area (Å²) in [6.07, 6.45) is 0. The maximum atomic E-state index is 12.7. The molecule has 0 saturated carbocycles. The molecule has 0 aliphatic carbocycles. The summed E-state index contributed by atoms with van der Waals surface area (Å²) in [5, 5.41) is 5.05. The van der Waals surface area contributed by atoms with Crippen molar-refractivity contribution in [1.82, 2.24) is 5.32 Å². The van der Waals surface area contributed by atoms with Crippen LogP contribution in [0.25, 0.3) is 0 Å². The summed E-state index contributed by atoms with van der Waals surface area (Å²) in [6.45, 7) is 0.855. The highest BCUT2D eigenvalue weighted by molar-refractivity contribution is 5.89. The van der Waals surface area contributed by atoms with E-state index in [2.05, 4.69) is 10.6 Å². The van der Waals surface area contributed by atoms with Crippen molar-refractivity contribution in [3.63, 3.8) is 0 Å². The normalized spacial score (nSPS) is 9.73. The molecule has 0 aliphatic rings. The lowest BCUT2D eigenvalue weighted by atomic mass is 10.3. The monoisotopic (exact) mass is 212 g/mol. The molecule has 0 saturated heterocycles. The first-order valence-electron chi connectivity index (χ1n) is 4.51. The zero-order valence-corrected chi connectivity index (χ0v) is 8.42. The van der Waals surface area contributed by atoms with Crippen LogP contribution in [0.3, 0.4) is 0 Å². The number of carbonyl (C=O) groups excluding carboxylic acids is 1. The van der Waals surface area contributed by atoms with Crippen molar-refractivity contribution < 1.29 is 13.9 Å². The lowest BCUT2D eigenvalue weighted by Gasteiger charge is -2.06. The van der Waals surface area contributed by atoms with Crippen LogP contribution in [0.5, 0.6) is 0 Å². The molecule has 0 aliphatic heterocycles. The Balaban J connectivity index is 2.37. The third-order valence-corrected chi connectivity index (χ3v) is 1.67. The van der Waals surface area contributed by atoms with Gasteiger partial charge in [0.25, 0.3) is 0 Å². The zero-order chi connectivity index (χ0) is 11.1. The molecule has 5 heteroatoms. The number of halogens is 1. The summed E-state index contributed by atoms with van der Waals surface area (Å²) in [4.78, 5) is 11.2. The molecule has 0 fully saturated rings. The number of methoxy groups -OCH3 is 1. The zero-order valence-electron chi connectivity index (χ0n) is 8.42. The molecule has 0 bridgehead atoms. The van der Waals surface area contributed by atoms with Gasteiger partial charge < -0.3 is 15.4 Å². The Morgan fingerprint density at radius 3 is 3.00 bits per heavy atom. The topological polar surface area (TPSA) is 50.4 Å². The molecule has 0 heterocycles. The molecule has 1 rings (SSSR count). The molecule has 2 amide bonds. The highest BCUT2D eigenvalue weighted by Gasteiger charge is 2.00. The van der Waals surface area contributed by atoms with Gasteiger partial charge in [-0.3, -0.25) is 0 Å². The van der Waals surface area contributed by atoms with Crippen molar-refractivity contribution >= 4 is 11.7 Å². The largest absolute Gasteiger partial charge is 0.383 e. The smallest absolute Gasteiger partial charge is 0.319 e. The van der Waals surface area contributed by atoms with Crippen molar-refractivity contribution in [1.29, 1.82) is 0 Å². The predicted molar refractivity (Wildman–Crippen MR) is 55.3 cm³/mol. The highest BCUT2D eigenvalue weighted by Crippen LogP contribution is 2.08. The Kier molecular flexibility index (Phi) is 4.56. The van der Waals surface area contributed by atoms with Gasteiger partial charge in [-0.05, 0) is 18.2 Å². The van der Waals surface area contributed by atoms with E-state index in [4.69, 9.17) is 4.74 Å². The van der Waals surface area contributed by atoms with Crippen LogP contribution in [-0.2, 0) is 4.74 Å². The average molecular weight is 212 g/mol. The fraction of sp³-hybridized carbons (Fsp3) is 0.300. The van der Waals surface area contributed by atoms with Crippen LogP contribution in [-0.4, -0.2) is 26.3 Å². The van der Waals surface area contributed by atoms with E-state index < -0.39 is 0 Å². The second kappa shape index (κ2) is 5.98. The predicted octanol–water partition coefficient (Wildman–Crippen LogP) is 1.59.